The predicted octanol–water partition coefficient (Wildman–Crippen LogP) is 2.57. The van der Waals surface area contributed by atoms with Crippen LogP contribution < -0.4 is 10.2 Å². The summed E-state index contributed by atoms with van der Waals surface area (Å²) in [5.41, 5.74) is 0.738. The number of nitrogens with one attached hydrogen (secondary N) is 1. The van der Waals surface area contributed by atoms with Crippen LogP contribution in [0.2, 0.25) is 0 Å². The quantitative estimate of drug-likeness (QED) is 0.772. The van der Waals surface area contributed by atoms with E-state index in [2.05, 4.69) is 15.3 Å². The standard InChI is InChI=1S/C17H19N5OS/c1-11(16(23)18-2)10-22(3)15-12-7-9-24-17(12)21-14(20-15)13-6-4-5-8-19-13/h4-9,11H,10H2,1-3H3,(H,18,23). The maximum Gasteiger partial charge on any atom is 0.224 e. The molecule has 0 bridgehead atoms. The second-order valence-corrected chi connectivity index (χ2v) is 6.52. The fourth-order valence-electron chi connectivity index (χ4n) is 2.57. The molecule has 3 heterocycles. The minimum atomic E-state index is -0.137. The van der Waals surface area contributed by atoms with Gasteiger partial charge in [-0.1, -0.05) is 13.0 Å². The Kier molecular flexibility index (Phi) is 4.71. The number of aromatic nitrogens is 3. The van der Waals surface area contributed by atoms with Crippen molar-refractivity contribution < 1.29 is 4.79 Å². The van der Waals surface area contributed by atoms with Gasteiger partial charge in [0, 0.05) is 26.8 Å². The number of fused-ring (bicyclic) bond motifs is 1. The Morgan fingerprint density at radius 1 is 1.33 bits per heavy atom. The summed E-state index contributed by atoms with van der Waals surface area (Å²) >= 11 is 1.57. The molecule has 0 fully saturated rings. The van der Waals surface area contributed by atoms with E-state index in [1.807, 2.05) is 48.5 Å². The molecule has 0 saturated carbocycles. The van der Waals surface area contributed by atoms with Gasteiger partial charge in [0.25, 0.3) is 0 Å². The lowest BCUT2D eigenvalue weighted by atomic mass is 10.1. The van der Waals surface area contributed by atoms with Crippen molar-refractivity contribution in [3.8, 4) is 11.5 Å². The smallest absolute Gasteiger partial charge is 0.224 e. The van der Waals surface area contributed by atoms with E-state index < -0.39 is 0 Å². The van der Waals surface area contributed by atoms with Crippen LogP contribution in [0.5, 0.6) is 0 Å². The van der Waals surface area contributed by atoms with E-state index in [0.717, 1.165) is 21.7 Å². The lowest BCUT2D eigenvalue weighted by Crippen LogP contribution is -2.34. The third kappa shape index (κ3) is 3.21. The molecular formula is C17H19N5OS. The maximum absolute atomic E-state index is 11.8. The lowest BCUT2D eigenvalue weighted by Gasteiger charge is -2.22. The van der Waals surface area contributed by atoms with E-state index in [1.165, 1.54) is 0 Å². The first-order chi connectivity index (χ1) is 11.6. The number of rotatable bonds is 5. The van der Waals surface area contributed by atoms with Crippen LogP contribution >= 0.6 is 11.3 Å². The normalized spacial score (nSPS) is 12.1. The first-order valence-corrected chi connectivity index (χ1v) is 8.57. The molecule has 24 heavy (non-hydrogen) atoms. The number of carbonyl (C=O) groups excluding carboxylic acids is 1. The molecule has 6 nitrogen and oxygen atoms in total. The molecule has 3 aromatic heterocycles. The highest BCUT2D eigenvalue weighted by molar-refractivity contribution is 7.16. The molecule has 7 heteroatoms. The SMILES string of the molecule is CNC(=O)C(C)CN(C)c1nc(-c2ccccn2)nc2sccc12. The number of carbonyl (C=O) groups is 1. The van der Waals surface area contributed by atoms with E-state index in [9.17, 15) is 4.79 Å². The van der Waals surface area contributed by atoms with Crippen LogP contribution in [0.3, 0.4) is 0 Å². The van der Waals surface area contributed by atoms with Crippen molar-refractivity contribution >= 4 is 33.3 Å². The van der Waals surface area contributed by atoms with Crippen LogP contribution in [0, 0.1) is 5.92 Å². The van der Waals surface area contributed by atoms with Crippen molar-refractivity contribution in [1.29, 1.82) is 0 Å². The molecule has 1 N–H and O–H groups in total. The molecule has 0 saturated heterocycles. The minimum absolute atomic E-state index is 0.0161. The third-order valence-electron chi connectivity index (χ3n) is 3.80. The Hall–Kier alpha value is -2.54. The summed E-state index contributed by atoms with van der Waals surface area (Å²) in [7, 11) is 3.60. The van der Waals surface area contributed by atoms with Crippen LogP contribution in [-0.4, -0.2) is 41.5 Å². The Labute approximate surface area is 144 Å². The molecule has 0 aliphatic carbocycles. The molecular weight excluding hydrogens is 322 g/mol. The molecule has 0 aromatic carbocycles. The monoisotopic (exact) mass is 341 g/mol. The van der Waals surface area contributed by atoms with Gasteiger partial charge in [0.15, 0.2) is 5.82 Å². The second-order valence-electron chi connectivity index (χ2n) is 5.62. The van der Waals surface area contributed by atoms with E-state index in [4.69, 9.17) is 4.98 Å². The highest BCUT2D eigenvalue weighted by atomic mass is 32.1. The minimum Gasteiger partial charge on any atom is -0.359 e. The largest absolute Gasteiger partial charge is 0.359 e. The first-order valence-electron chi connectivity index (χ1n) is 7.69. The van der Waals surface area contributed by atoms with Gasteiger partial charge in [-0.05, 0) is 23.6 Å². The van der Waals surface area contributed by atoms with Crippen LogP contribution in [-0.2, 0) is 4.79 Å². The summed E-state index contributed by atoms with van der Waals surface area (Å²) < 4.78 is 0. The fraction of sp³-hybridized carbons (Fsp3) is 0.294. The second kappa shape index (κ2) is 6.92. The average Bonchev–Trinajstić information content (AvgIpc) is 3.09. The fourth-order valence-corrected chi connectivity index (χ4v) is 3.33. The summed E-state index contributed by atoms with van der Waals surface area (Å²) in [4.78, 5) is 28.4. The Morgan fingerprint density at radius 3 is 2.88 bits per heavy atom. The summed E-state index contributed by atoms with van der Waals surface area (Å²) in [6.07, 6.45) is 1.73. The highest BCUT2D eigenvalue weighted by Crippen LogP contribution is 2.30. The summed E-state index contributed by atoms with van der Waals surface area (Å²) in [5.74, 6) is 1.29. The van der Waals surface area contributed by atoms with Gasteiger partial charge in [-0.25, -0.2) is 9.97 Å². The van der Waals surface area contributed by atoms with Crippen molar-refractivity contribution in [1.82, 2.24) is 20.3 Å². The van der Waals surface area contributed by atoms with Gasteiger partial charge in [0.1, 0.15) is 16.3 Å². The Balaban J connectivity index is 2.00. The number of anilines is 1. The lowest BCUT2D eigenvalue weighted by molar-refractivity contribution is -0.123. The van der Waals surface area contributed by atoms with Crippen molar-refractivity contribution in [2.24, 2.45) is 5.92 Å². The van der Waals surface area contributed by atoms with Gasteiger partial charge >= 0.3 is 0 Å². The number of hydrogen-bond acceptors (Lipinski definition) is 6. The third-order valence-corrected chi connectivity index (χ3v) is 4.61. The molecule has 0 radical (unpaired) electrons. The molecule has 3 rings (SSSR count). The Morgan fingerprint density at radius 2 is 2.17 bits per heavy atom. The molecule has 124 valence electrons. The van der Waals surface area contributed by atoms with E-state index in [-0.39, 0.29) is 11.8 Å². The highest BCUT2D eigenvalue weighted by Gasteiger charge is 2.18. The van der Waals surface area contributed by atoms with Crippen molar-refractivity contribution in [3.05, 3.63) is 35.8 Å². The van der Waals surface area contributed by atoms with E-state index in [0.29, 0.717) is 12.4 Å². The predicted molar refractivity (Wildman–Crippen MR) is 97.1 cm³/mol. The molecule has 1 atom stereocenters. The molecule has 1 amide bonds. The molecule has 0 aliphatic rings. The van der Waals surface area contributed by atoms with Gasteiger partial charge in [0.2, 0.25) is 5.91 Å². The topological polar surface area (TPSA) is 71.0 Å². The zero-order valence-corrected chi connectivity index (χ0v) is 14.7. The van der Waals surface area contributed by atoms with Crippen molar-refractivity contribution in [2.45, 2.75) is 6.92 Å². The van der Waals surface area contributed by atoms with Crippen LogP contribution in [0.1, 0.15) is 6.92 Å². The van der Waals surface area contributed by atoms with Crippen LogP contribution in [0.15, 0.2) is 35.8 Å². The summed E-state index contributed by atoms with van der Waals surface area (Å²) in [6.45, 7) is 2.48. The van der Waals surface area contributed by atoms with Crippen LogP contribution in [0.4, 0.5) is 5.82 Å². The van der Waals surface area contributed by atoms with E-state index in [1.54, 1.807) is 24.6 Å². The van der Waals surface area contributed by atoms with Gasteiger partial charge < -0.3 is 10.2 Å². The number of thiophene rings is 1. The number of pyridine rings is 1. The average molecular weight is 341 g/mol. The van der Waals surface area contributed by atoms with Gasteiger partial charge in [-0.2, -0.15) is 0 Å². The Bertz CT molecular complexity index is 849. The zero-order valence-electron chi connectivity index (χ0n) is 13.9. The number of hydrogen-bond donors (Lipinski definition) is 1. The molecule has 3 aromatic rings. The zero-order chi connectivity index (χ0) is 17.1. The molecule has 0 spiro atoms. The van der Waals surface area contributed by atoms with Crippen LogP contribution in [0.25, 0.3) is 21.7 Å². The maximum atomic E-state index is 11.8. The summed E-state index contributed by atoms with van der Waals surface area (Å²) in [5, 5.41) is 5.68. The summed E-state index contributed by atoms with van der Waals surface area (Å²) in [6, 6.07) is 7.69. The number of amides is 1. The first kappa shape index (κ1) is 16.3. The van der Waals surface area contributed by atoms with Gasteiger partial charge in [-0.15, -0.1) is 11.3 Å². The van der Waals surface area contributed by atoms with Gasteiger partial charge in [0.05, 0.1) is 11.3 Å². The van der Waals surface area contributed by atoms with Crippen molar-refractivity contribution in [3.63, 3.8) is 0 Å². The van der Waals surface area contributed by atoms with Crippen molar-refractivity contribution in [2.75, 3.05) is 25.5 Å². The molecule has 1 unspecified atom stereocenters. The van der Waals surface area contributed by atoms with E-state index >= 15 is 0 Å². The van der Waals surface area contributed by atoms with Gasteiger partial charge in [-0.3, -0.25) is 9.78 Å². The number of nitrogens with zero attached hydrogens (tertiary/aromatic N) is 4. The molecule has 0 aliphatic heterocycles.